The van der Waals surface area contributed by atoms with Crippen molar-refractivity contribution in [1.29, 1.82) is 0 Å². The van der Waals surface area contributed by atoms with E-state index in [-0.39, 0.29) is 6.03 Å². The van der Waals surface area contributed by atoms with Gasteiger partial charge in [0.05, 0.1) is 0 Å². The minimum Gasteiger partial charge on any atom is -0.334 e. The molecule has 0 spiro atoms. The molecule has 0 bridgehead atoms. The monoisotopic (exact) mass is 190 g/mol. The van der Waals surface area contributed by atoms with Crippen molar-refractivity contribution in [3.05, 3.63) is 48.2 Å². The fourth-order valence-electron chi connectivity index (χ4n) is 1.13. The quantitative estimate of drug-likeness (QED) is 0.751. The first-order valence-corrected chi connectivity index (χ1v) is 4.44. The summed E-state index contributed by atoms with van der Waals surface area (Å²) in [6, 6.07) is 7.70. The summed E-state index contributed by atoms with van der Waals surface area (Å²) >= 11 is 0. The molecular weight excluding hydrogens is 176 g/mol. The molecule has 14 heavy (non-hydrogen) atoms. The van der Waals surface area contributed by atoms with Crippen molar-refractivity contribution >= 4 is 6.03 Å². The lowest BCUT2D eigenvalue weighted by atomic mass is 10.1. The maximum atomic E-state index is 11.0. The number of nitrogens with one attached hydrogen (secondary N) is 2. The normalized spacial score (nSPS) is 9.21. The lowest BCUT2D eigenvalue weighted by Crippen LogP contribution is -2.31. The van der Waals surface area contributed by atoms with Crippen molar-refractivity contribution in [2.24, 2.45) is 0 Å². The average molecular weight is 190 g/mol. The van der Waals surface area contributed by atoms with Gasteiger partial charge >= 0.3 is 6.03 Å². The highest BCUT2D eigenvalue weighted by Gasteiger charge is 1.99. The molecule has 0 saturated heterocycles. The Morgan fingerprint density at radius 1 is 1.50 bits per heavy atom. The standard InChI is InChI=1S/C11H14N2O/c1-3-12-11(14)13-8-10-7-5-4-6-9(10)2/h3-7H,1,8H2,2H3,(H2,12,13,14). The number of rotatable bonds is 3. The van der Waals surface area contributed by atoms with Crippen molar-refractivity contribution in [2.45, 2.75) is 13.5 Å². The van der Waals surface area contributed by atoms with Crippen LogP contribution in [0.15, 0.2) is 37.0 Å². The maximum Gasteiger partial charge on any atom is 0.319 e. The molecule has 2 amide bonds. The minimum atomic E-state index is -0.233. The van der Waals surface area contributed by atoms with E-state index in [0.29, 0.717) is 6.54 Å². The first-order valence-electron chi connectivity index (χ1n) is 4.44. The first kappa shape index (κ1) is 10.3. The Morgan fingerprint density at radius 2 is 2.21 bits per heavy atom. The van der Waals surface area contributed by atoms with Crippen LogP contribution in [0, 0.1) is 6.92 Å². The van der Waals surface area contributed by atoms with Crippen LogP contribution in [0.2, 0.25) is 0 Å². The van der Waals surface area contributed by atoms with Gasteiger partial charge in [-0.1, -0.05) is 30.8 Å². The number of carbonyl (C=O) groups excluding carboxylic acids is 1. The Balaban J connectivity index is 2.49. The van der Waals surface area contributed by atoms with Gasteiger partial charge in [-0.15, -0.1) is 0 Å². The molecule has 1 aromatic rings. The molecule has 0 aliphatic heterocycles. The topological polar surface area (TPSA) is 41.1 Å². The van der Waals surface area contributed by atoms with E-state index in [0.717, 1.165) is 5.56 Å². The van der Waals surface area contributed by atoms with Gasteiger partial charge in [0.25, 0.3) is 0 Å². The van der Waals surface area contributed by atoms with E-state index in [1.165, 1.54) is 11.8 Å². The number of aryl methyl sites for hydroxylation is 1. The van der Waals surface area contributed by atoms with E-state index in [9.17, 15) is 4.79 Å². The number of hydrogen-bond acceptors (Lipinski definition) is 1. The zero-order valence-corrected chi connectivity index (χ0v) is 8.21. The Morgan fingerprint density at radius 3 is 2.86 bits per heavy atom. The molecule has 1 aromatic carbocycles. The van der Waals surface area contributed by atoms with Crippen LogP contribution >= 0.6 is 0 Å². The fourth-order valence-corrected chi connectivity index (χ4v) is 1.13. The van der Waals surface area contributed by atoms with Crippen LogP contribution in [0.3, 0.4) is 0 Å². The predicted octanol–water partition coefficient (Wildman–Crippen LogP) is 1.94. The van der Waals surface area contributed by atoms with E-state index in [1.807, 2.05) is 31.2 Å². The Hall–Kier alpha value is -1.77. The van der Waals surface area contributed by atoms with E-state index in [4.69, 9.17) is 0 Å². The molecule has 0 fully saturated rings. The summed E-state index contributed by atoms with van der Waals surface area (Å²) in [7, 11) is 0. The summed E-state index contributed by atoms with van der Waals surface area (Å²) in [5, 5.41) is 5.17. The van der Waals surface area contributed by atoms with Gasteiger partial charge in [0, 0.05) is 6.54 Å². The second-order valence-electron chi connectivity index (χ2n) is 2.96. The largest absolute Gasteiger partial charge is 0.334 e. The molecular formula is C11H14N2O. The Labute approximate surface area is 83.8 Å². The van der Waals surface area contributed by atoms with Crippen molar-refractivity contribution in [2.75, 3.05) is 0 Å². The van der Waals surface area contributed by atoms with E-state index < -0.39 is 0 Å². The van der Waals surface area contributed by atoms with Gasteiger partial charge in [0.1, 0.15) is 0 Å². The maximum absolute atomic E-state index is 11.0. The predicted molar refractivity (Wildman–Crippen MR) is 56.7 cm³/mol. The molecule has 0 aromatic heterocycles. The third kappa shape index (κ3) is 2.94. The highest BCUT2D eigenvalue weighted by atomic mass is 16.2. The minimum absolute atomic E-state index is 0.233. The molecule has 0 heterocycles. The van der Waals surface area contributed by atoms with Crippen molar-refractivity contribution < 1.29 is 4.79 Å². The van der Waals surface area contributed by atoms with Gasteiger partial charge in [-0.25, -0.2) is 4.79 Å². The number of urea groups is 1. The summed E-state index contributed by atoms with van der Waals surface area (Å²) in [6.45, 7) is 5.95. The van der Waals surface area contributed by atoms with Gasteiger partial charge < -0.3 is 10.6 Å². The number of carbonyl (C=O) groups is 1. The fraction of sp³-hybridized carbons (Fsp3) is 0.182. The SMILES string of the molecule is C=CNC(=O)NCc1ccccc1C. The molecule has 3 heteroatoms. The van der Waals surface area contributed by atoms with Crippen LogP contribution in [0.1, 0.15) is 11.1 Å². The summed E-state index contributed by atoms with van der Waals surface area (Å²) in [5.74, 6) is 0. The molecule has 2 N–H and O–H groups in total. The van der Waals surface area contributed by atoms with Gasteiger partial charge in [0.15, 0.2) is 0 Å². The van der Waals surface area contributed by atoms with Crippen LogP contribution in [0.4, 0.5) is 4.79 Å². The zero-order chi connectivity index (χ0) is 10.4. The first-order chi connectivity index (χ1) is 6.74. The molecule has 3 nitrogen and oxygen atoms in total. The summed E-state index contributed by atoms with van der Waals surface area (Å²) < 4.78 is 0. The Bertz CT molecular complexity index is 334. The van der Waals surface area contributed by atoms with E-state index >= 15 is 0 Å². The lowest BCUT2D eigenvalue weighted by molar-refractivity contribution is 0.244. The second-order valence-corrected chi connectivity index (χ2v) is 2.96. The summed E-state index contributed by atoms with van der Waals surface area (Å²) in [5.41, 5.74) is 2.29. The number of benzene rings is 1. The van der Waals surface area contributed by atoms with Gasteiger partial charge in [-0.05, 0) is 24.3 Å². The molecule has 0 unspecified atom stereocenters. The lowest BCUT2D eigenvalue weighted by Gasteiger charge is -2.06. The summed E-state index contributed by atoms with van der Waals surface area (Å²) in [4.78, 5) is 11.0. The van der Waals surface area contributed by atoms with Crippen LogP contribution in [-0.4, -0.2) is 6.03 Å². The number of amides is 2. The third-order valence-corrected chi connectivity index (χ3v) is 1.93. The molecule has 0 aliphatic rings. The van der Waals surface area contributed by atoms with E-state index in [2.05, 4.69) is 17.2 Å². The van der Waals surface area contributed by atoms with Gasteiger partial charge in [0.2, 0.25) is 0 Å². The average Bonchev–Trinajstić information content (AvgIpc) is 2.17. The molecule has 0 atom stereocenters. The molecule has 74 valence electrons. The molecule has 1 rings (SSSR count). The Kier molecular flexibility index (Phi) is 3.73. The van der Waals surface area contributed by atoms with Gasteiger partial charge in [-0.3, -0.25) is 0 Å². The molecule has 0 radical (unpaired) electrons. The van der Waals surface area contributed by atoms with Crippen LogP contribution in [-0.2, 0) is 6.54 Å². The van der Waals surface area contributed by atoms with E-state index in [1.54, 1.807) is 0 Å². The van der Waals surface area contributed by atoms with Crippen LogP contribution < -0.4 is 10.6 Å². The highest BCUT2D eigenvalue weighted by molar-refractivity contribution is 5.74. The summed E-state index contributed by atoms with van der Waals surface area (Å²) in [6.07, 6.45) is 1.35. The molecule has 0 saturated carbocycles. The van der Waals surface area contributed by atoms with Crippen LogP contribution in [0.25, 0.3) is 0 Å². The third-order valence-electron chi connectivity index (χ3n) is 1.93. The molecule has 0 aliphatic carbocycles. The van der Waals surface area contributed by atoms with Crippen molar-refractivity contribution in [3.8, 4) is 0 Å². The van der Waals surface area contributed by atoms with Crippen molar-refractivity contribution in [3.63, 3.8) is 0 Å². The number of hydrogen-bond donors (Lipinski definition) is 2. The van der Waals surface area contributed by atoms with Gasteiger partial charge in [-0.2, -0.15) is 0 Å². The van der Waals surface area contributed by atoms with Crippen LogP contribution in [0.5, 0.6) is 0 Å². The zero-order valence-electron chi connectivity index (χ0n) is 8.21. The highest BCUT2D eigenvalue weighted by Crippen LogP contribution is 2.05. The van der Waals surface area contributed by atoms with Crippen molar-refractivity contribution in [1.82, 2.24) is 10.6 Å². The second kappa shape index (κ2) is 5.07. The smallest absolute Gasteiger partial charge is 0.319 e.